The molecule has 2 N–H and O–H groups in total. The van der Waals surface area contributed by atoms with Crippen molar-refractivity contribution in [3.8, 4) is 10.4 Å². The Morgan fingerprint density at radius 1 is 1.08 bits per heavy atom. The number of carbonyl (C=O) groups is 2. The van der Waals surface area contributed by atoms with Gasteiger partial charge >= 0.3 is 12.1 Å². The van der Waals surface area contributed by atoms with E-state index in [0.717, 1.165) is 42.5 Å². The molecule has 0 unspecified atom stereocenters. The molecule has 0 spiro atoms. The van der Waals surface area contributed by atoms with Crippen LogP contribution in [-0.4, -0.2) is 22.0 Å². The Labute approximate surface area is 206 Å². The minimum atomic E-state index is -4.73. The van der Waals surface area contributed by atoms with Crippen molar-refractivity contribution in [1.29, 1.82) is 0 Å². The van der Waals surface area contributed by atoms with E-state index in [-0.39, 0.29) is 35.2 Å². The number of thiazole rings is 1. The number of hydrogen-bond acceptors (Lipinski definition) is 4. The molecule has 0 radical (unpaired) electrons. The van der Waals surface area contributed by atoms with Crippen LogP contribution in [0.3, 0.4) is 0 Å². The molecule has 11 heteroatoms. The summed E-state index contributed by atoms with van der Waals surface area (Å²) in [6.07, 6.45) is 0.105. The van der Waals surface area contributed by atoms with Crippen molar-refractivity contribution >= 4 is 28.9 Å². The molecular weight excluding hydrogens is 503 g/mol. The van der Waals surface area contributed by atoms with Crippen molar-refractivity contribution in [2.24, 2.45) is 0 Å². The molecule has 1 heterocycles. The first-order valence-electron chi connectivity index (χ1n) is 11.2. The summed E-state index contributed by atoms with van der Waals surface area (Å²) in [7, 11) is 0. The lowest BCUT2D eigenvalue weighted by Gasteiger charge is -2.22. The van der Waals surface area contributed by atoms with Crippen LogP contribution in [0.1, 0.15) is 64.5 Å². The number of nitrogens with zero attached hydrogens (tertiary/aromatic N) is 1. The largest absolute Gasteiger partial charge is 0.478 e. The lowest BCUT2D eigenvalue weighted by molar-refractivity contribution is -0.137. The number of anilines is 1. The summed E-state index contributed by atoms with van der Waals surface area (Å²) in [5.74, 6) is -3.92. The second kappa shape index (κ2) is 8.65. The Morgan fingerprint density at radius 3 is 2.36 bits per heavy atom. The van der Waals surface area contributed by atoms with Gasteiger partial charge in [-0.1, -0.05) is 12.5 Å². The molecule has 36 heavy (non-hydrogen) atoms. The van der Waals surface area contributed by atoms with E-state index in [9.17, 15) is 32.3 Å². The lowest BCUT2D eigenvalue weighted by Crippen LogP contribution is -2.29. The zero-order valence-corrected chi connectivity index (χ0v) is 19.4. The summed E-state index contributed by atoms with van der Waals surface area (Å²) in [5.41, 5.74) is -3.45. The number of carboxylic acid groups (broad SMARTS) is 1. The normalized spacial score (nSPS) is 16.9. The van der Waals surface area contributed by atoms with Gasteiger partial charge in [-0.05, 0) is 49.9 Å². The highest BCUT2D eigenvalue weighted by atomic mass is 32.1. The summed E-state index contributed by atoms with van der Waals surface area (Å²) in [4.78, 5) is 29.6. The Morgan fingerprint density at radius 2 is 1.81 bits per heavy atom. The van der Waals surface area contributed by atoms with E-state index in [1.807, 2.05) is 0 Å². The predicted molar refractivity (Wildman–Crippen MR) is 122 cm³/mol. The number of halogens is 5. The second-order valence-corrected chi connectivity index (χ2v) is 10.2. The van der Waals surface area contributed by atoms with E-state index >= 15 is 4.39 Å². The van der Waals surface area contributed by atoms with Crippen LogP contribution in [-0.2, 0) is 16.4 Å². The van der Waals surface area contributed by atoms with E-state index in [1.54, 1.807) is 0 Å². The molecule has 3 aromatic rings. The fourth-order valence-corrected chi connectivity index (χ4v) is 5.57. The van der Waals surface area contributed by atoms with Crippen LogP contribution in [0.5, 0.6) is 0 Å². The quantitative estimate of drug-likeness (QED) is 0.352. The van der Waals surface area contributed by atoms with Gasteiger partial charge in [-0.2, -0.15) is 13.2 Å². The Hall–Kier alpha value is -3.34. The van der Waals surface area contributed by atoms with Crippen molar-refractivity contribution < 1.29 is 36.6 Å². The molecule has 0 aliphatic heterocycles. The molecule has 2 aromatic carbocycles. The average Bonchev–Trinajstić information content (AvgIpc) is 3.44. The minimum Gasteiger partial charge on any atom is -0.478 e. The molecular formula is C25H19F5N2O3S. The molecule has 188 valence electrons. The second-order valence-electron chi connectivity index (χ2n) is 9.10. The number of amides is 1. The van der Waals surface area contributed by atoms with Gasteiger partial charge in [0.25, 0.3) is 0 Å². The van der Waals surface area contributed by atoms with Crippen LogP contribution >= 0.6 is 11.3 Å². The number of aromatic nitrogens is 1. The zero-order chi connectivity index (χ0) is 25.8. The fraction of sp³-hybridized carbons (Fsp3) is 0.320. The average molecular weight is 522 g/mol. The first-order valence-corrected chi connectivity index (χ1v) is 12.0. The molecule has 5 nitrogen and oxygen atoms in total. The number of carbonyl (C=O) groups excluding carboxylic acids is 1. The van der Waals surface area contributed by atoms with Gasteiger partial charge in [-0.15, -0.1) is 11.3 Å². The fourth-order valence-electron chi connectivity index (χ4n) is 4.42. The summed E-state index contributed by atoms with van der Waals surface area (Å²) in [6, 6.07) is 4.06. The van der Waals surface area contributed by atoms with E-state index in [4.69, 9.17) is 0 Å². The van der Waals surface area contributed by atoms with Crippen LogP contribution in [0.4, 0.5) is 27.6 Å². The number of hydrogen-bond donors (Lipinski definition) is 2. The van der Waals surface area contributed by atoms with Crippen LogP contribution in [0.25, 0.3) is 10.4 Å². The first-order chi connectivity index (χ1) is 17.0. The first kappa shape index (κ1) is 24.4. The number of rotatable bonds is 6. The van der Waals surface area contributed by atoms with Crippen molar-refractivity contribution in [2.75, 3.05) is 5.32 Å². The number of alkyl halides is 3. The molecule has 0 bridgehead atoms. The molecule has 1 amide bonds. The SMILES string of the molecule is O=C(O)c1cc(NC(=O)C2(c3ccc(C(F)(F)F)cc3F)CC2)cc(F)c1-c1cnc(C2CCC2)s1. The topological polar surface area (TPSA) is 79.3 Å². The maximum atomic E-state index is 15.2. The lowest BCUT2D eigenvalue weighted by atomic mass is 9.86. The van der Waals surface area contributed by atoms with E-state index in [1.165, 1.54) is 17.5 Å². The van der Waals surface area contributed by atoms with Gasteiger partial charge in [0.2, 0.25) is 5.91 Å². The van der Waals surface area contributed by atoms with Crippen molar-refractivity contribution in [3.63, 3.8) is 0 Å². The molecule has 2 saturated carbocycles. The summed E-state index contributed by atoms with van der Waals surface area (Å²) < 4.78 is 68.4. The standard InChI is InChI=1S/C25H19F5N2O3S/c26-17-8-13(25(28,29)30)4-5-16(17)24(6-7-24)23(35)32-14-9-15(22(33)34)20(18(27)10-14)19-11-31-21(36-19)12-2-1-3-12/h4-5,8-12H,1-3,6-7H2,(H,32,35)(H,33,34). The Balaban J connectivity index is 1.43. The van der Waals surface area contributed by atoms with Crippen molar-refractivity contribution in [2.45, 2.75) is 49.6 Å². The highest BCUT2D eigenvalue weighted by Crippen LogP contribution is 2.50. The molecule has 0 saturated heterocycles. The molecule has 2 aliphatic rings. The van der Waals surface area contributed by atoms with E-state index in [2.05, 4.69) is 10.3 Å². The maximum Gasteiger partial charge on any atom is 0.416 e. The minimum absolute atomic E-state index is 0.140. The number of benzene rings is 2. The smallest absolute Gasteiger partial charge is 0.416 e. The van der Waals surface area contributed by atoms with Crippen molar-refractivity contribution in [3.05, 3.63) is 69.9 Å². The van der Waals surface area contributed by atoms with Crippen LogP contribution < -0.4 is 5.32 Å². The number of aromatic carboxylic acids is 1. The highest BCUT2D eigenvalue weighted by Gasteiger charge is 2.53. The van der Waals surface area contributed by atoms with Gasteiger partial charge in [-0.25, -0.2) is 18.6 Å². The van der Waals surface area contributed by atoms with Crippen molar-refractivity contribution in [1.82, 2.24) is 4.98 Å². The summed E-state index contributed by atoms with van der Waals surface area (Å²) in [5, 5.41) is 13.0. The van der Waals surface area contributed by atoms with Gasteiger partial charge in [0.15, 0.2) is 0 Å². The molecule has 2 fully saturated rings. The zero-order valence-electron chi connectivity index (χ0n) is 18.6. The van der Waals surface area contributed by atoms with Crippen LogP contribution in [0, 0.1) is 11.6 Å². The third-order valence-electron chi connectivity index (χ3n) is 6.80. The summed E-state index contributed by atoms with van der Waals surface area (Å²) in [6.45, 7) is 0. The predicted octanol–water partition coefficient (Wildman–Crippen LogP) is 6.74. The van der Waals surface area contributed by atoms with E-state index in [0.29, 0.717) is 22.9 Å². The van der Waals surface area contributed by atoms with Gasteiger partial charge in [0.05, 0.1) is 26.4 Å². The molecule has 0 atom stereocenters. The Kier molecular flexibility index (Phi) is 5.85. The third-order valence-corrected chi connectivity index (χ3v) is 7.98. The highest BCUT2D eigenvalue weighted by molar-refractivity contribution is 7.15. The van der Waals surface area contributed by atoms with Crippen LogP contribution in [0.2, 0.25) is 0 Å². The number of nitrogens with one attached hydrogen (secondary N) is 1. The maximum absolute atomic E-state index is 15.2. The summed E-state index contributed by atoms with van der Waals surface area (Å²) >= 11 is 1.23. The molecule has 5 rings (SSSR count). The van der Waals surface area contributed by atoms with Crippen LogP contribution in [0.15, 0.2) is 36.5 Å². The van der Waals surface area contributed by atoms with Gasteiger partial charge < -0.3 is 10.4 Å². The number of carboxylic acids is 1. The van der Waals surface area contributed by atoms with Gasteiger partial charge in [0, 0.05) is 28.9 Å². The Bertz CT molecular complexity index is 1380. The van der Waals surface area contributed by atoms with E-state index < -0.39 is 40.7 Å². The van der Waals surface area contributed by atoms with Gasteiger partial charge in [0.1, 0.15) is 11.6 Å². The third kappa shape index (κ3) is 4.25. The van der Waals surface area contributed by atoms with Gasteiger partial charge in [-0.3, -0.25) is 4.79 Å². The molecule has 2 aliphatic carbocycles. The molecule has 1 aromatic heterocycles. The monoisotopic (exact) mass is 522 g/mol.